The van der Waals surface area contributed by atoms with E-state index < -0.39 is 0 Å². The summed E-state index contributed by atoms with van der Waals surface area (Å²) < 4.78 is 11.1. The number of piperidine rings is 1. The van der Waals surface area contributed by atoms with E-state index in [0.29, 0.717) is 31.2 Å². The van der Waals surface area contributed by atoms with Crippen LogP contribution in [0.2, 0.25) is 0 Å². The number of hydrogen-bond acceptors (Lipinski definition) is 5. The van der Waals surface area contributed by atoms with Gasteiger partial charge >= 0.3 is 0 Å². The van der Waals surface area contributed by atoms with Crippen LogP contribution in [-0.2, 0) is 11.2 Å². The van der Waals surface area contributed by atoms with Crippen molar-refractivity contribution < 1.29 is 14.1 Å². The number of aromatic nitrogens is 2. The summed E-state index contributed by atoms with van der Waals surface area (Å²) in [5.74, 6) is 2.53. The van der Waals surface area contributed by atoms with Gasteiger partial charge in [-0.05, 0) is 31.4 Å². The maximum absolute atomic E-state index is 12.7. The Morgan fingerprint density at radius 2 is 2.04 bits per heavy atom. The van der Waals surface area contributed by atoms with Crippen LogP contribution < -0.4 is 4.74 Å². The molecule has 2 aliphatic rings. The molecule has 0 radical (unpaired) electrons. The first-order chi connectivity index (χ1) is 11.2. The molecule has 2 aromatic rings. The third-order valence-corrected chi connectivity index (χ3v) is 4.62. The zero-order valence-electron chi connectivity index (χ0n) is 13.1. The minimum Gasteiger partial charge on any atom is -0.480 e. The number of rotatable bonds is 2. The summed E-state index contributed by atoms with van der Waals surface area (Å²) in [5.41, 5.74) is 1.11. The molecule has 3 heterocycles. The van der Waals surface area contributed by atoms with E-state index in [9.17, 15) is 4.79 Å². The van der Waals surface area contributed by atoms with Crippen molar-refractivity contribution in [2.75, 3.05) is 13.1 Å². The molecular formula is C17H19N3O3. The predicted octanol–water partition coefficient (Wildman–Crippen LogP) is 2.09. The normalized spacial score (nSPS) is 21.1. The highest BCUT2D eigenvalue weighted by atomic mass is 16.5. The second kappa shape index (κ2) is 5.68. The first-order valence-electron chi connectivity index (χ1n) is 8.04. The van der Waals surface area contributed by atoms with E-state index >= 15 is 0 Å². The summed E-state index contributed by atoms with van der Waals surface area (Å²) in [5, 5.41) is 3.85. The van der Waals surface area contributed by atoms with E-state index in [1.807, 2.05) is 36.1 Å². The number of benzene rings is 1. The van der Waals surface area contributed by atoms with Gasteiger partial charge in [-0.15, -0.1) is 0 Å². The maximum atomic E-state index is 12.7. The lowest BCUT2D eigenvalue weighted by molar-refractivity contribution is -0.139. The summed E-state index contributed by atoms with van der Waals surface area (Å²) in [6.45, 7) is 3.24. The number of nitrogens with zero attached hydrogens (tertiary/aromatic N) is 3. The number of carbonyl (C=O) groups is 1. The topological polar surface area (TPSA) is 68.5 Å². The van der Waals surface area contributed by atoms with Crippen LogP contribution in [0.5, 0.6) is 5.75 Å². The van der Waals surface area contributed by atoms with Gasteiger partial charge in [0.05, 0.1) is 0 Å². The van der Waals surface area contributed by atoms with Gasteiger partial charge in [-0.25, -0.2) is 0 Å². The van der Waals surface area contributed by atoms with Crippen molar-refractivity contribution in [2.45, 2.75) is 38.2 Å². The van der Waals surface area contributed by atoms with Crippen molar-refractivity contribution in [1.82, 2.24) is 15.0 Å². The fraction of sp³-hybridized carbons (Fsp3) is 0.471. The first kappa shape index (κ1) is 14.2. The molecule has 0 spiro atoms. The van der Waals surface area contributed by atoms with Crippen LogP contribution in [0.3, 0.4) is 0 Å². The Morgan fingerprint density at radius 3 is 2.74 bits per heavy atom. The number of para-hydroxylation sites is 1. The fourth-order valence-electron chi connectivity index (χ4n) is 3.35. The first-order valence-corrected chi connectivity index (χ1v) is 8.04. The van der Waals surface area contributed by atoms with Crippen LogP contribution in [0, 0.1) is 6.92 Å². The average Bonchev–Trinajstić information content (AvgIpc) is 3.20. The fourth-order valence-corrected chi connectivity index (χ4v) is 3.35. The molecular weight excluding hydrogens is 294 g/mol. The Morgan fingerprint density at radius 1 is 1.26 bits per heavy atom. The highest BCUT2D eigenvalue weighted by Gasteiger charge is 2.35. The van der Waals surface area contributed by atoms with Gasteiger partial charge in [-0.3, -0.25) is 4.79 Å². The molecule has 1 saturated heterocycles. The third-order valence-electron chi connectivity index (χ3n) is 4.62. The van der Waals surface area contributed by atoms with Gasteiger partial charge < -0.3 is 14.2 Å². The number of fused-ring (bicyclic) bond motifs is 1. The van der Waals surface area contributed by atoms with E-state index in [-0.39, 0.29) is 17.9 Å². The molecule has 1 aromatic heterocycles. The molecule has 1 unspecified atom stereocenters. The molecule has 1 fully saturated rings. The van der Waals surface area contributed by atoms with Gasteiger partial charge in [-0.2, -0.15) is 4.98 Å². The zero-order valence-corrected chi connectivity index (χ0v) is 13.1. The molecule has 0 N–H and O–H groups in total. The minimum atomic E-state index is -0.380. The number of carbonyl (C=O) groups excluding carboxylic acids is 1. The van der Waals surface area contributed by atoms with Gasteiger partial charge in [0.25, 0.3) is 5.91 Å². The summed E-state index contributed by atoms with van der Waals surface area (Å²) in [7, 11) is 0. The molecule has 0 aliphatic carbocycles. The number of likely N-dealkylation sites (tertiary alicyclic amines) is 1. The Balaban J connectivity index is 1.37. The van der Waals surface area contributed by atoms with Crippen molar-refractivity contribution in [2.24, 2.45) is 0 Å². The van der Waals surface area contributed by atoms with Crippen LogP contribution >= 0.6 is 0 Å². The lowest BCUT2D eigenvalue weighted by atomic mass is 9.96. The van der Waals surface area contributed by atoms with Crippen LogP contribution in [0.15, 0.2) is 28.8 Å². The molecule has 1 aromatic carbocycles. The SMILES string of the molecule is Cc1noc(C2CCN(C(=O)C3Cc4ccccc4O3)CC2)n1. The molecule has 4 rings (SSSR count). The molecule has 2 aliphatic heterocycles. The monoisotopic (exact) mass is 313 g/mol. The van der Waals surface area contributed by atoms with Crippen molar-refractivity contribution in [3.05, 3.63) is 41.5 Å². The molecule has 23 heavy (non-hydrogen) atoms. The predicted molar refractivity (Wildman–Crippen MR) is 82.2 cm³/mol. The van der Waals surface area contributed by atoms with Gasteiger partial charge in [0.2, 0.25) is 5.89 Å². The zero-order chi connectivity index (χ0) is 15.8. The number of amides is 1. The maximum Gasteiger partial charge on any atom is 0.263 e. The van der Waals surface area contributed by atoms with Crippen molar-refractivity contribution in [3.63, 3.8) is 0 Å². The number of ether oxygens (including phenoxy) is 1. The van der Waals surface area contributed by atoms with Gasteiger partial charge in [0.1, 0.15) is 5.75 Å². The molecule has 120 valence electrons. The highest BCUT2D eigenvalue weighted by molar-refractivity contribution is 5.82. The van der Waals surface area contributed by atoms with Crippen molar-refractivity contribution >= 4 is 5.91 Å². The molecule has 1 atom stereocenters. The third kappa shape index (κ3) is 2.69. The lowest BCUT2D eigenvalue weighted by Crippen LogP contribution is -2.45. The minimum absolute atomic E-state index is 0.0846. The number of hydrogen-bond donors (Lipinski definition) is 0. The van der Waals surface area contributed by atoms with E-state index in [2.05, 4.69) is 10.1 Å². The quantitative estimate of drug-likeness (QED) is 0.849. The van der Waals surface area contributed by atoms with Crippen LogP contribution in [0.25, 0.3) is 0 Å². The summed E-state index contributed by atoms with van der Waals surface area (Å²) in [6.07, 6.45) is 1.99. The van der Waals surface area contributed by atoms with Gasteiger partial charge in [0, 0.05) is 25.4 Å². The van der Waals surface area contributed by atoms with Gasteiger partial charge in [0.15, 0.2) is 11.9 Å². The van der Waals surface area contributed by atoms with Crippen molar-refractivity contribution in [3.8, 4) is 5.75 Å². The summed E-state index contributed by atoms with van der Waals surface area (Å²) in [4.78, 5) is 18.9. The van der Waals surface area contributed by atoms with Gasteiger partial charge in [-0.1, -0.05) is 23.4 Å². The largest absolute Gasteiger partial charge is 0.480 e. The molecule has 0 saturated carbocycles. The van der Waals surface area contributed by atoms with Crippen molar-refractivity contribution in [1.29, 1.82) is 0 Å². The Bertz CT molecular complexity index is 694. The number of aryl methyl sites for hydroxylation is 1. The Kier molecular flexibility index (Phi) is 3.52. The smallest absolute Gasteiger partial charge is 0.263 e. The molecule has 1 amide bonds. The standard InChI is InChI=1S/C17H19N3O3/c1-11-18-16(23-19-11)12-6-8-20(9-7-12)17(21)15-10-13-4-2-3-5-14(13)22-15/h2-5,12,15H,6-10H2,1H3. The summed E-state index contributed by atoms with van der Waals surface area (Å²) >= 11 is 0. The molecule has 0 bridgehead atoms. The van der Waals surface area contributed by atoms with E-state index in [4.69, 9.17) is 9.26 Å². The lowest BCUT2D eigenvalue weighted by Gasteiger charge is -2.31. The van der Waals surface area contributed by atoms with Crippen LogP contribution in [0.1, 0.15) is 36.0 Å². The summed E-state index contributed by atoms with van der Waals surface area (Å²) in [6, 6.07) is 7.86. The van der Waals surface area contributed by atoms with Crippen LogP contribution in [0.4, 0.5) is 0 Å². The highest BCUT2D eigenvalue weighted by Crippen LogP contribution is 2.31. The average molecular weight is 313 g/mol. The van der Waals surface area contributed by atoms with E-state index in [0.717, 1.165) is 24.2 Å². The van der Waals surface area contributed by atoms with E-state index in [1.165, 1.54) is 0 Å². The second-order valence-corrected chi connectivity index (χ2v) is 6.20. The molecule has 6 heteroatoms. The molecule has 6 nitrogen and oxygen atoms in total. The van der Waals surface area contributed by atoms with E-state index in [1.54, 1.807) is 0 Å². The Hall–Kier alpha value is -2.37. The Labute approximate surface area is 134 Å². The second-order valence-electron chi connectivity index (χ2n) is 6.20. The van der Waals surface area contributed by atoms with Crippen LogP contribution in [-0.4, -0.2) is 40.1 Å².